The first-order chi connectivity index (χ1) is 15.0. The number of rotatable bonds is 3. The zero-order chi connectivity index (χ0) is 21.7. The SMILES string of the molecule is COc1cccc2c1ncc1c(=O)n(-c3ccc(C)c(C)c3)c(=O)n(C3CCCC3)c12. The first kappa shape index (κ1) is 19.5. The van der Waals surface area contributed by atoms with Crippen LogP contribution in [0.25, 0.3) is 27.5 Å². The fraction of sp³-hybridized carbons (Fsp3) is 0.320. The number of ether oxygens (including phenoxy) is 1. The summed E-state index contributed by atoms with van der Waals surface area (Å²) in [5.74, 6) is 0.628. The third-order valence-electron chi connectivity index (χ3n) is 6.56. The molecule has 0 amide bonds. The molecule has 6 heteroatoms. The molecule has 31 heavy (non-hydrogen) atoms. The molecule has 1 aliphatic rings. The van der Waals surface area contributed by atoms with Gasteiger partial charge in [-0.3, -0.25) is 14.3 Å². The Balaban J connectivity index is 1.96. The molecule has 6 nitrogen and oxygen atoms in total. The monoisotopic (exact) mass is 415 g/mol. The molecule has 0 N–H and O–H groups in total. The van der Waals surface area contributed by atoms with E-state index in [1.54, 1.807) is 13.3 Å². The lowest BCUT2D eigenvalue weighted by Crippen LogP contribution is -2.40. The van der Waals surface area contributed by atoms with Crippen molar-refractivity contribution in [3.8, 4) is 11.4 Å². The highest BCUT2D eigenvalue weighted by atomic mass is 16.5. The van der Waals surface area contributed by atoms with Crippen molar-refractivity contribution < 1.29 is 4.74 Å². The summed E-state index contributed by atoms with van der Waals surface area (Å²) in [5.41, 5.74) is 3.44. The van der Waals surface area contributed by atoms with Crippen LogP contribution in [0.5, 0.6) is 5.75 Å². The van der Waals surface area contributed by atoms with Crippen molar-refractivity contribution in [2.75, 3.05) is 7.11 Å². The molecule has 0 spiro atoms. The summed E-state index contributed by atoms with van der Waals surface area (Å²) in [6, 6.07) is 11.4. The maximum atomic E-state index is 13.9. The van der Waals surface area contributed by atoms with E-state index in [0.717, 1.165) is 42.2 Å². The Bertz CT molecular complexity index is 1440. The molecule has 0 bridgehead atoms. The molecule has 2 heterocycles. The Morgan fingerprint density at radius 2 is 1.77 bits per heavy atom. The molecule has 4 aromatic rings. The normalized spacial score (nSPS) is 14.5. The molecular formula is C25H25N3O3. The lowest BCUT2D eigenvalue weighted by atomic mass is 10.1. The van der Waals surface area contributed by atoms with E-state index in [1.807, 2.05) is 54.8 Å². The highest BCUT2D eigenvalue weighted by Gasteiger charge is 2.25. The van der Waals surface area contributed by atoms with Gasteiger partial charge < -0.3 is 4.74 Å². The van der Waals surface area contributed by atoms with Gasteiger partial charge in [0.25, 0.3) is 5.56 Å². The highest BCUT2D eigenvalue weighted by molar-refractivity contribution is 6.05. The lowest BCUT2D eigenvalue weighted by molar-refractivity contribution is 0.419. The number of hydrogen-bond acceptors (Lipinski definition) is 4. The second-order valence-electron chi connectivity index (χ2n) is 8.38. The highest BCUT2D eigenvalue weighted by Crippen LogP contribution is 2.34. The second-order valence-corrected chi connectivity index (χ2v) is 8.38. The van der Waals surface area contributed by atoms with Gasteiger partial charge in [-0.05, 0) is 56.0 Å². The van der Waals surface area contributed by atoms with Crippen LogP contribution < -0.4 is 16.0 Å². The molecule has 0 atom stereocenters. The molecule has 0 radical (unpaired) electrons. The van der Waals surface area contributed by atoms with E-state index in [2.05, 4.69) is 4.98 Å². The molecule has 158 valence electrons. The summed E-state index contributed by atoms with van der Waals surface area (Å²) in [5, 5.41) is 1.22. The van der Waals surface area contributed by atoms with Gasteiger partial charge in [0.15, 0.2) is 0 Å². The van der Waals surface area contributed by atoms with Gasteiger partial charge >= 0.3 is 5.69 Å². The van der Waals surface area contributed by atoms with Crippen molar-refractivity contribution in [2.45, 2.75) is 45.6 Å². The standard InChI is InChI=1S/C25H25N3O3/c1-15-11-12-18(13-16(15)2)28-24(29)20-14-26-22-19(9-6-10-21(22)31-3)23(20)27(25(28)30)17-7-4-5-8-17/h6,9-14,17H,4-5,7-8H2,1-3H3. The maximum absolute atomic E-state index is 13.9. The van der Waals surface area contributed by atoms with E-state index >= 15 is 0 Å². The van der Waals surface area contributed by atoms with Crippen molar-refractivity contribution in [2.24, 2.45) is 0 Å². The van der Waals surface area contributed by atoms with Crippen LogP contribution in [0.1, 0.15) is 42.9 Å². The van der Waals surface area contributed by atoms with Gasteiger partial charge in [0.05, 0.1) is 23.7 Å². The average molecular weight is 415 g/mol. The number of nitrogens with zero attached hydrogens (tertiary/aromatic N) is 3. The fourth-order valence-electron chi connectivity index (χ4n) is 4.77. The molecule has 0 aliphatic heterocycles. The number of methoxy groups -OCH3 is 1. The van der Waals surface area contributed by atoms with E-state index in [0.29, 0.717) is 27.9 Å². The molecule has 0 unspecified atom stereocenters. The van der Waals surface area contributed by atoms with Crippen LogP contribution in [0.3, 0.4) is 0 Å². The summed E-state index contributed by atoms with van der Waals surface area (Å²) in [6.45, 7) is 4.00. The molecule has 1 saturated carbocycles. The number of pyridine rings is 1. The first-order valence-electron chi connectivity index (χ1n) is 10.7. The molecule has 5 rings (SSSR count). The van der Waals surface area contributed by atoms with Crippen LogP contribution in [-0.2, 0) is 0 Å². The number of hydrogen-bond donors (Lipinski definition) is 0. The number of benzene rings is 2. The van der Waals surface area contributed by atoms with Crippen molar-refractivity contribution in [3.05, 3.63) is 74.6 Å². The Morgan fingerprint density at radius 1 is 1.00 bits per heavy atom. The van der Waals surface area contributed by atoms with Crippen LogP contribution in [0.4, 0.5) is 0 Å². The van der Waals surface area contributed by atoms with Gasteiger partial charge in [-0.15, -0.1) is 0 Å². The minimum atomic E-state index is -0.338. The van der Waals surface area contributed by atoms with Gasteiger partial charge in [-0.25, -0.2) is 9.36 Å². The predicted octanol–water partition coefficient (Wildman–Crippen LogP) is 4.44. The predicted molar refractivity (Wildman–Crippen MR) is 123 cm³/mol. The van der Waals surface area contributed by atoms with E-state index in [-0.39, 0.29) is 17.3 Å². The topological polar surface area (TPSA) is 66.1 Å². The van der Waals surface area contributed by atoms with Crippen LogP contribution >= 0.6 is 0 Å². The number of para-hydroxylation sites is 1. The van der Waals surface area contributed by atoms with Crippen LogP contribution in [0.2, 0.25) is 0 Å². The van der Waals surface area contributed by atoms with Gasteiger partial charge in [0, 0.05) is 17.6 Å². The van der Waals surface area contributed by atoms with Crippen molar-refractivity contribution in [1.29, 1.82) is 0 Å². The van der Waals surface area contributed by atoms with Crippen LogP contribution in [0.15, 0.2) is 52.2 Å². The van der Waals surface area contributed by atoms with Gasteiger partial charge in [-0.1, -0.05) is 31.0 Å². The van der Waals surface area contributed by atoms with Gasteiger partial charge in [0.1, 0.15) is 11.3 Å². The Kier molecular flexibility index (Phi) is 4.65. The summed E-state index contributed by atoms with van der Waals surface area (Å²) in [7, 11) is 1.60. The van der Waals surface area contributed by atoms with Crippen LogP contribution in [0, 0.1) is 13.8 Å². The quantitative estimate of drug-likeness (QED) is 0.464. The summed E-state index contributed by atoms with van der Waals surface area (Å²) < 4.78 is 8.63. The van der Waals surface area contributed by atoms with E-state index in [9.17, 15) is 9.59 Å². The van der Waals surface area contributed by atoms with Gasteiger partial charge in [-0.2, -0.15) is 0 Å². The maximum Gasteiger partial charge on any atom is 0.336 e. The zero-order valence-corrected chi connectivity index (χ0v) is 18.0. The Hall–Kier alpha value is -3.41. The number of fused-ring (bicyclic) bond motifs is 3. The van der Waals surface area contributed by atoms with E-state index in [4.69, 9.17) is 4.74 Å². The van der Waals surface area contributed by atoms with E-state index < -0.39 is 0 Å². The molecule has 0 saturated heterocycles. The molecule has 2 aromatic heterocycles. The Morgan fingerprint density at radius 3 is 2.48 bits per heavy atom. The van der Waals surface area contributed by atoms with Crippen molar-refractivity contribution in [1.82, 2.24) is 14.1 Å². The minimum Gasteiger partial charge on any atom is -0.494 e. The van der Waals surface area contributed by atoms with Gasteiger partial charge in [0.2, 0.25) is 0 Å². The molecule has 1 fully saturated rings. The number of aromatic nitrogens is 3. The Labute approximate surface area is 179 Å². The average Bonchev–Trinajstić information content (AvgIpc) is 3.30. The van der Waals surface area contributed by atoms with Crippen molar-refractivity contribution in [3.63, 3.8) is 0 Å². The van der Waals surface area contributed by atoms with Crippen molar-refractivity contribution >= 4 is 21.8 Å². The molecule has 2 aromatic carbocycles. The summed E-state index contributed by atoms with van der Waals surface area (Å²) >= 11 is 0. The minimum absolute atomic E-state index is 0.0604. The second kappa shape index (κ2) is 7.38. The smallest absolute Gasteiger partial charge is 0.336 e. The number of aryl methyl sites for hydroxylation is 2. The summed E-state index contributed by atoms with van der Waals surface area (Å²) in [4.78, 5) is 32.0. The van der Waals surface area contributed by atoms with Crippen LogP contribution in [-0.4, -0.2) is 21.2 Å². The fourth-order valence-corrected chi connectivity index (χ4v) is 4.77. The van der Waals surface area contributed by atoms with E-state index in [1.165, 1.54) is 4.57 Å². The molecule has 1 aliphatic carbocycles. The third kappa shape index (κ3) is 2.97. The zero-order valence-electron chi connectivity index (χ0n) is 18.0. The largest absolute Gasteiger partial charge is 0.494 e. The molecular weight excluding hydrogens is 390 g/mol. The third-order valence-corrected chi connectivity index (χ3v) is 6.56. The summed E-state index contributed by atoms with van der Waals surface area (Å²) in [6.07, 6.45) is 5.59. The lowest BCUT2D eigenvalue weighted by Gasteiger charge is -2.20. The first-order valence-corrected chi connectivity index (χ1v) is 10.7.